The molecular weight excluding hydrogens is 337 g/mol. The van der Waals surface area contributed by atoms with E-state index in [1.807, 2.05) is 7.05 Å². The summed E-state index contributed by atoms with van der Waals surface area (Å²) in [5.41, 5.74) is 2.94. The molecule has 2 heterocycles. The molecule has 0 aromatic heterocycles. The van der Waals surface area contributed by atoms with Crippen LogP contribution in [0.15, 0.2) is 29.7 Å². The molecule has 148 valence electrons. The van der Waals surface area contributed by atoms with E-state index in [2.05, 4.69) is 80.2 Å². The minimum absolute atomic E-state index is 0.320. The van der Waals surface area contributed by atoms with Crippen LogP contribution in [-0.4, -0.2) is 70.0 Å². The summed E-state index contributed by atoms with van der Waals surface area (Å²) in [7, 11) is 3.82. The van der Waals surface area contributed by atoms with Gasteiger partial charge >= 0.3 is 7.12 Å². The van der Waals surface area contributed by atoms with Crippen molar-refractivity contribution in [2.24, 2.45) is 0 Å². The summed E-state index contributed by atoms with van der Waals surface area (Å²) in [6.45, 7) is 13.5. The molecular formula is C21H34BN3O2. The van der Waals surface area contributed by atoms with E-state index in [9.17, 15) is 0 Å². The summed E-state index contributed by atoms with van der Waals surface area (Å²) in [5, 5.41) is 3.25. The second-order valence-electron chi connectivity index (χ2n) is 8.72. The zero-order chi connectivity index (χ0) is 19.7. The van der Waals surface area contributed by atoms with E-state index in [1.54, 1.807) is 0 Å². The number of hydrogen-bond acceptors (Lipinski definition) is 5. The molecule has 0 unspecified atom stereocenters. The molecule has 27 heavy (non-hydrogen) atoms. The van der Waals surface area contributed by atoms with Crippen LogP contribution in [0.1, 0.15) is 33.3 Å². The van der Waals surface area contributed by atoms with Gasteiger partial charge in [0.05, 0.1) is 11.2 Å². The Balaban J connectivity index is 1.74. The van der Waals surface area contributed by atoms with Gasteiger partial charge < -0.3 is 24.4 Å². The molecule has 1 aromatic rings. The lowest BCUT2D eigenvalue weighted by atomic mass is 9.77. The number of likely N-dealkylation sites (N-methyl/N-ethyl adjacent to an activating group) is 2. The van der Waals surface area contributed by atoms with Crippen LogP contribution >= 0.6 is 0 Å². The molecule has 3 rings (SSSR count). The Kier molecular flexibility index (Phi) is 6.01. The van der Waals surface area contributed by atoms with Gasteiger partial charge in [0.15, 0.2) is 0 Å². The van der Waals surface area contributed by atoms with E-state index >= 15 is 0 Å². The van der Waals surface area contributed by atoms with Crippen molar-refractivity contribution >= 4 is 18.9 Å². The molecule has 0 saturated carbocycles. The van der Waals surface area contributed by atoms with Gasteiger partial charge in [0.2, 0.25) is 0 Å². The van der Waals surface area contributed by atoms with E-state index in [0.29, 0.717) is 0 Å². The fourth-order valence-corrected chi connectivity index (χ4v) is 3.46. The van der Waals surface area contributed by atoms with Crippen LogP contribution in [0.25, 0.3) is 6.08 Å². The lowest BCUT2D eigenvalue weighted by molar-refractivity contribution is 0.00578. The van der Waals surface area contributed by atoms with E-state index in [-0.39, 0.29) is 18.3 Å². The highest BCUT2D eigenvalue weighted by Gasteiger charge is 2.52. The zero-order valence-corrected chi connectivity index (χ0v) is 17.7. The zero-order valence-electron chi connectivity index (χ0n) is 17.7. The predicted molar refractivity (Wildman–Crippen MR) is 114 cm³/mol. The lowest BCUT2D eigenvalue weighted by Crippen LogP contribution is -2.44. The Morgan fingerprint density at radius 3 is 2.11 bits per heavy atom. The van der Waals surface area contributed by atoms with Gasteiger partial charge in [0, 0.05) is 38.4 Å². The van der Waals surface area contributed by atoms with Gasteiger partial charge in [-0.1, -0.05) is 18.2 Å². The van der Waals surface area contributed by atoms with Crippen molar-refractivity contribution in [2.45, 2.75) is 38.9 Å². The summed E-state index contributed by atoms with van der Waals surface area (Å²) in [6.07, 6.45) is 2.19. The third-order valence-electron chi connectivity index (χ3n) is 6.05. The molecule has 0 spiro atoms. The van der Waals surface area contributed by atoms with Crippen LogP contribution in [0.4, 0.5) is 5.69 Å². The van der Waals surface area contributed by atoms with Gasteiger partial charge in [0.1, 0.15) is 0 Å². The van der Waals surface area contributed by atoms with Crippen molar-refractivity contribution in [3.8, 4) is 0 Å². The number of nitrogens with one attached hydrogen (secondary N) is 1. The summed E-state index contributed by atoms with van der Waals surface area (Å²) in [4.78, 5) is 4.83. The van der Waals surface area contributed by atoms with Crippen LogP contribution in [-0.2, 0) is 9.31 Å². The lowest BCUT2D eigenvalue weighted by Gasteiger charge is -2.34. The fourth-order valence-electron chi connectivity index (χ4n) is 3.46. The minimum atomic E-state index is -0.324. The molecule has 0 aliphatic carbocycles. The Morgan fingerprint density at radius 1 is 1.04 bits per heavy atom. The maximum Gasteiger partial charge on any atom is 0.491 e. The normalized spacial score (nSPS) is 23.1. The van der Waals surface area contributed by atoms with E-state index in [4.69, 9.17) is 9.31 Å². The third kappa shape index (κ3) is 4.57. The molecule has 2 fully saturated rings. The second kappa shape index (κ2) is 7.96. The molecule has 2 saturated heterocycles. The standard InChI is InChI=1S/C21H34BN3O2/c1-20(2)21(3,4)27-22(26-20)18(16-23-5)15-17-7-9-19(10-8-17)25-13-11-24(6)12-14-25/h7-10,15,23H,11-14,16H2,1-6H3. The molecule has 6 heteroatoms. The minimum Gasteiger partial charge on any atom is -0.400 e. The van der Waals surface area contributed by atoms with E-state index in [1.165, 1.54) is 11.3 Å². The molecule has 2 aliphatic heterocycles. The molecule has 0 atom stereocenters. The Hall–Kier alpha value is -1.34. The molecule has 0 amide bonds. The van der Waals surface area contributed by atoms with Crippen molar-refractivity contribution in [1.82, 2.24) is 10.2 Å². The monoisotopic (exact) mass is 371 g/mol. The maximum absolute atomic E-state index is 6.24. The number of rotatable bonds is 5. The van der Waals surface area contributed by atoms with E-state index < -0.39 is 0 Å². The topological polar surface area (TPSA) is 37.0 Å². The first-order valence-electron chi connectivity index (χ1n) is 9.96. The van der Waals surface area contributed by atoms with Crippen molar-refractivity contribution in [2.75, 3.05) is 51.7 Å². The van der Waals surface area contributed by atoms with Gasteiger partial charge in [-0.15, -0.1) is 0 Å². The Morgan fingerprint density at radius 2 is 1.59 bits per heavy atom. The van der Waals surface area contributed by atoms with Crippen molar-refractivity contribution in [3.63, 3.8) is 0 Å². The van der Waals surface area contributed by atoms with E-state index in [0.717, 1.165) is 38.2 Å². The first kappa shape index (κ1) is 20.4. The first-order valence-corrected chi connectivity index (χ1v) is 9.96. The predicted octanol–water partition coefficient (Wildman–Crippen LogP) is 2.67. The highest BCUT2D eigenvalue weighted by atomic mass is 16.7. The quantitative estimate of drug-likeness (QED) is 0.806. The highest BCUT2D eigenvalue weighted by Crippen LogP contribution is 2.38. The number of hydrogen-bond donors (Lipinski definition) is 1. The van der Waals surface area contributed by atoms with Crippen LogP contribution in [0.5, 0.6) is 0 Å². The van der Waals surface area contributed by atoms with Crippen molar-refractivity contribution < 1.29 is 9.31 Å². The van der Waals surface area contributed by atoms with Crippen molar-refractivity contribution in [1.29, 1.82) is 0 Å². The fraction of sp³-hybridized carbons (Fsp3) is 0.619. The maximum atomic E-state index is 6.24. The van der Waals surface area contributed by atoms with Crippen LogP contribution < -0.4 is 10.2 Å². The average molecular weight is 371 g/mol. The van der Waals surface area contributed by atoms with Crippen LogP contribution in [0.2, 0.25) is 0 Å². The smallest absolute Gasteiger partial charge is 0.400 e. The number of anilines is 1. The third-order valence-corrected chi connectivity index (χ3v) is 6.05. The van der Waals surface area contributed by atoms with Gasteiger partial charge in [-0.05, 0) is 65.0 Å². The SMILES string of the molecule is CNCC(=Cc1ccc(N2CCN(C)CC2)cc1)B1OC(C)(C)C(C)(C)O1. The van der Waals surface area contributed by atoms with Crippen molar-refractivity contribution in [3.05, 3.63) is 35.3 Å². The molecule has 5 nitrogen and oxygen atoms in total. The van der Waals surface area contributed by atoms with Crippen LogP contribution in [0.3, 0.4) is 0 Å². The number of benzene rings is 1. The number of nitrogens with zero attached hydrogens (tertiary/aromatic N) is 2. The molecule has 0 bridgehead atoms. The molecule has 0 radical (unpaired) electrons. The van der Waals surface area contributed by atoms with Gasteiger partial charge in [0.25, 0.3) is 0 Å². The molecule has 1 N–H and O–H groups in total. The summed E-state index contributed by atoms with van der Waals surface area (Å²) in [6, 6.07) is 8.82. The van der Waals surface area contributed by atoms with Crippen LogP contribution in [0, 0.1) is 0 Å². The molecule has 1 aromatic carbocycles. The Labute approximate surface area is 164 Å². The second-order valence-corrected chi connectivity index (χ2v) is 8.72. The number of piperazine rings is 1. The summed E-state index contributed by atoms with van der Waals surface area (Å²) >= 11 is 0. The largest absolute Gasteiger partial charge is 0.491 e. The average Bonchev–Trinajstić information content (AvgIpc) is 2.84. The Bertz CT molecular complexity index is 649. The van der Waals surface area contributed by atoms with Gasteiger partial charge in [-0.25, -0.2) is 0 Å². The molecule has 2 aliphatic rings. The highest BCUT2D eigenvalue weighted by molar-refractivity contribution is 6.55. The first-order chi connectivity index (χ1) is 12.7. The van der Waals surface area contributed by atoms with Gasteiger partial charge in [-0.3, -0.25) is 0 Å². The summed E-state index contributed by atoms with van der Waals surface area (Å²) < 4.78 is 12.5. The van der Waals surface area contributed by atoms with Gasteiger partial charge in [-0.2, -0.15) is 0 Å². The summed E-state index contributed by atoms with van der Waals surface area (Å²) in [5.74, 6) is 0.